The minimum Gasteiger partial charge on any atom is -0.480 e. The Morgan fingerprint density at radius 3 is 2.54 bits per heavy atom. The molecule has 1 saturated heterocycles. The van der Waals surface area contributed by atoms with E-state index in [4.69, 9.17) is 0 Å². The quantitative estimate of drug-likeness (QED) is 0.340. The molecule has 39 heavy (non-hydrogen) atoms. The second-order valence-electron chi connectivity index (χ2n) is 11.0. The number of tetrazole rings is 1. The van der Waals surface area contributed by atoms with Crippen LogP contribution in [0.4, 0.5) is 5.69 Å². The van der Waals surface area contributed by atoms with Crippen LogP contribution in [0.15, 0.2) is 42.5 Å². The molecule has 1 amide bonds. The molecule has 0 bridgehead atoms. The number of rotatable bonds is 11. The summed E-state index contributed by atoms with van der Waals surface area (Å²) >= 11 is 0. The second-order valence-corrected chi connectivity index (χ2v) is 11.0. The van der Waals surface area contributed by atoms with Crippen molar-refractivity contribution in [2.24, 2.45) is 11.8 Å². The van der Waals surface area contributed by atoms with Gasteiger partial charge in [-0.25, -0.2) is 4.79 Å². The van der Waals surface area contributed by atoms with Gasteiger partial charge in [0.1, 0.15) is 6.04 Å². The predicted octanol–water partition coefficient (Wildman–Crippen LogP) is 5.40. The zero-order chi connectivity index (χ0) is 27.9. The van der Waals surface area contributed by atoms with Gasteiger partial charge in [0.25, 0.3) is 0 Å². The summed E-state index contributed by atoms with van der Waals surface area (Å²) in [4.78, 5) is 29.1. The van der Waals surface area contributed by atoms with Crippen LogP contribution in [0.2, 0.25) is 0 Å². The Labute approximate surface area is 230 Å². The molecule has 1 aromatic heterocycles. The maximum atomic E-state index is 13.1. The Hall–Kier alpha value is -3.75. The van der Waals surface area contributed by atoms with Gasteiger partial charge in [-0.2, -0.15) is 5.21 Å². The van der Waals surface area contributed by atoms with Crippen LogP contribution in [0, 0.1) is 11.8 Å². The molecule has 3 aromatic rings. The molecule has 4 rings (SSSR count). The number of carboxylic acid groups (broad SMARTS) is 1. The van der Waals surface area contributed by atoms with Gasteiger partial charge in [0.15, 0.2) is 0 Å². The smallest absolute Gasteiger partial charge is 0.326 e. The summed E-state index contributed by atoms with van der Waals surface area (Å²) in [7, 11) is 0. The molecule has 208 valence electrons. The number of carbonyl (C=O) groups is 2. The Bertz CT molecular complexity index is 1240. The van der Waals surface area contributed by atoms with Gasteiger partial charge in [0.05, 0.1) is 0 Å². The van der Waals surface area contributed by atoms with Gasteiger partial charge in [0, 0.05) is 37.3 Å². The van der Waals surface area contributed by atoms with Crippen LogP contribution in [0.1, 0.15) is 65.4 Å². The molecule has 1 aliphatic heterocycles. The summed E-state index contributed by atoms with van der Waals surface area (Å²) in [6.07, 6.45) is 4.40. The number of hydrogen-bond acceptors (Lipinski definition) is 6. The van der Waals surface area contributed by atoms with Crippen molar-refractivity contribution >= 4 is 17.6 Å². The number of amides is 1. The van der Waals surface area contributed by atoms with Crippen molar-refractivity contribution in [3.8, 4) is 22.5 Å². The van der Waals surface area contributed by atoms with E-state index < -0.39 is 12.0 Å². The van der Waals surface area contributed by atoms with Crippen molar-refractivity contribution in [1.82, 2.24) is 25.5 Å². The van der Waals surface area contributed by atoms with Gasteiger partial charge in [-0.05, 0) is 71.2 Å². The lowest BCUT2D eigenvalue weighted by molar-refractivity contribution is -0.153. The van der Waals surface area contributed by atoms with E-state index in [1.807, 2.05) is 45.0 Å². The minimum atomic E-state index is -0.972. The number of nitrogens with one attached hydrogen (secondary N) is 1. The van der Waals surface area contributed by atoms with Gasteiger partial charge >= 0.3 is 5.97 Å². The van der Waals surface area contributed by atoms with Gasteiger partial charge < -0.3 is 14.9 Å². The number of H-pyrrole nitrogens is 1. The number of hydrogen-bond donors (Lipinski definition) is 2. The van der Waals surface area contributed by atoms with Crippen molar-refractivity contribution in [1.29, 1.82) is 0 Å². The molecule has 1 unspecified atom stereocenters. The largest absolute Gasteiger partial charge is 0.480 e. The molecule has 9 heteroatoms. The average Bonchev–Trinajstić information content (AvgIpc) is 3.46. The van der Waals surface area contributed by atoms with Gasteiger partial charge in [0.2, 0.25) is 11.7 Å². The third kappa shape index (κ3) is 6.82. The van der Waals surface area contributed by atoms with Crippen molar-refractivity contribution in [3.05, 3.63) is 48.0 Å². The summed E-state index contributed by atoms with van der Waals surface area (Å²) in [6, 6.07) is 13.5. The lowest BCUT2D eigenvalue weighted by atomic mass is 9.95. The van der Waals surface area contributed by atoms with E-state index >= 15 is 0 Å². The average molecular weight is 533 g/mol. The van der Waals surface area contributed by atoms with Gasteiger partial charge in [-0.3, -0.25) is 4.79 Å². The highest BCUT2D eigenvalue weighted by atomic mass is 16.4. The normalized spacial score (nSPS) is 16.3. The van der Waals surface area contributed by atoms with E-state index in [9.17, 15) is 14.7 Å². The molecular formula is C30H40N6O3. The van der Waals surface area contributed by atoms with E-state index in [0.717, 1.165) is 48.2 Å². The first-order chi connectivity index (χ1) is 18.8. The maximum Gasteiger partial charge on any atom is 0.326 e. The number of piperidine rings is 1. The van der Waals surface area contributed by atoms with E-state index in [-0.39, 0.29) is 18.4 Å². The molecule has 0 spiro atoms. The molecule has 1 aliphatic rings. The lowest BCUT2D eigenvalue weighted by Crippen LogP contribution is -2.47. The molecule has 0 radical (unpaired) electrons. The van der Waals surface area contributed by atoms with Crippen LogP contribution in [0.3, 0.4) is 0 Å². The Balaban J connectivity index is 1.65. The number of aromatic amines is 1. The number of carboxylic acids is 1. The number of aromatic nitrogens is 4. The molecule has 2 atom stereocenters. The molecule has 9 nitrogen and oxygen atoms in total. The summed E-state index contributed by atoms with van der Waals surface area (Å²) in [5.41, 5.74) is 4.93. The third-order valence-corrected chi connectivity index (χ3v) is 7.51. The molecule has 0 aliphatic carbocycles. The minimum absolute atomic E-state index is 0.120. The van der Waals surface area contributed by atoms with E-state index in [1.165, 1.54) is 23.4 Å². The topological polar surface area (TPSA) is 115 Å². The van der Waals surface area contributed by atoms with E-state index in [2.05, 4.69) is 50.6 Å². The van der Waals surface area contributed by atoms with Crippen molar-refractivity contribution in [2.45, 2.75) is 72.4 Å². The van der Waals surface area contributed by atoms with Crippen LogP contribution in [0.5, 0.6) is 0 Å². The van der Waals surface area contributed by atoms with E-state index in [0.29, 0.717) is 18.2 Å². The highest BCUT2D eigenvalue weighted by Gasteiger charge is 2.32. The SMILES string of the molecule is CCCCC(=O)N(Cc1ccc(-c2cc(N3CCCC(C)C3)ccc2-c2nn[nH]n2)cc1)[C@H](C(=O)O)C(C)C. The Kier molecular flexibility index (Phi) is 9.32. The zero-order valence-corrected chi connectivity index (χ0v) is 23.4. The number of nitrogens with zero attached hydrogens (tertiary/aromatic N) is 5. The summed E-state index contributed by atoms with van der Waals surface area (Å²) in [5, 5.41) is 24.7. The monoisotopic (exact) mass is 532 g/mol. The van der Waals surface area contributed by atoms with Gasteiger partial charge in [-0.15, -0.1) is 10.2 Å². The number of benzene rings is 2. The first-order valence-corrected chi connectivity index (χ1v) is 14.0. The van der Waals surface area contributed by atoms with Crippen LogP contribution >= 0.6 is 0 Å². The number of anilines is 1. The number of carbonyl (C=O) groups excluding carboxylic acids is 1. The fourth-order valence-electron chi connectivity index (χ4n) is 5.44. The van der Waals surface area contributed by atoms with Crippen LogP contribution in [0.25, 0.3) is 22.5 Å². The maximum absolute atomic E-state index is 13.1. The number of unbranched alkanes of at least 4 members (excludes halogenated alkanes) is 1. The second kappa shape index (κ2) is 12.9. The molecule has 2 N–H and O–H groups in total. The standard InChI is InChI=1S/C30H40N6O3/c1-5-6-9-27(37)36(28(20(2)3)30(38)39)19-22-10-12-23(13-11-22)26-17-24(35-16-7-8-21(4)18-35)14-15-25(26)29-31-33-34-32-29/h10-15,17,20-21,28H,5-9,16,18-19H2,1-4H3,(H,38,39)(H,31,32,33,34)/t21?,28-/m0/s1. The van der Waals surface area contributed by atoms with Crippen molar-refractivity contribution < 1.29 is 14.7 Å². The fraction of sp³-hybridized carbons (Fsp3) is 0.500. The lowest BCUT2D eigenvalue weighted by Gasteiger charge is -2.33. The van der Waals surface area contributed by atoms with Crippen LogP contribution in [-0.4, -0.2) is 61.6 Å². The highest BCUT2D eigenvalue weighted by Crippen LogP contribution is 2.35. The van der Waals surface area contributed by atoms with Crippen LogP contribution in [-0.2, 0) is 16.1 Å². The molecule has 2 heterocycles. The summed E-state index contributed by atoms with van der Waals surface area (Å²) in [6.45, 7) is 10.3. The summed E-state index contributed by atoms with van der Waals surface area (Å²) in [5.74, 6) is -0.113. The zero-order valence-electron chi connectivity index (χ0n) is 23.4. The van der Waals surface area contributed by atoms with Gasteiger partial charge in [-0.1, -0.05) is 58.4 Å². The first kappa shape index (κ1) is 28.3. The Morgan fingerprint density at radius 2 is 1.92 bits per heavy atom. The highest BCUT2D eigenvalue weighted by molar-refractivity contribution is 5.85. The summed E-state index contributed by atoms with van der Waals surface area (Å²) < 4.78 is 0. The molecule has 2 aromatic carbocycles. The fourth-order valence-corrected chi connectivity index (χ4v) is 5.44. The van der Waals surface area contributed by atoms with Crippen molar-refractivity contribution in [3.63, 3.8) is 0 Å². The molecule has 1 fully saturated rings. The third-order valence-electron chi connectivity index (χ3n) is 7.51. The van der Waals surface area contributed by atoms with Crippen LogP contribution < -0.4 is 4.90 Å². The first-order valence-electron chi connectivity index (χ1n) is 14.0. The van der Waals surface area contributed by atoms with E-state index in [1.54, 1.807) is 0 Å². The molecule has 0 saturated carbocycles. The number of aliphatic carboxylic acids is 1. The Morgan fingerprint density at radius 1 is 1.15 bits per heavy atom. The predicted molar refractivity (Wildman–Crippen MR) is 152 cm³/mol. The van der Waals surface area contributed by atoms with Crippen molar-refractivity contribution in [2.75, 3.05) is 18.0 Å². The molecular weight excluding hydrogens is 492 g/mol.